The quantitative estimate of drug-likeness (QED) is 0.479. The molecule has 0 radical (unpaired) electrons. The molecule has 0 saturated heterocycles. The predicted molar refractivity (Wildman–Crippen MR) is 122 cm³/mol. The van der Waals surface area contributed by atoms with Gasteiger partial charge >= 0.3 is 0 Å². The lowest BCUT2D eigenvalue weighted by Crippen LogP contribution is -2.26. The Kier molecular flexibility index (Phi) is 5.21. The van der Waals surface area contributed by atoms with E-state index in [2.05, 4.69) is 66.0 Å². The van der Waals surface area contributed by atoms with Crippen molar-refractivity contribution < 1.29 is 13.2 Å². The molecular formula is C20H18Br3NO3S. The van der Waals surface area contributed by atoms with Crippen LogP contribution in [0.5, 0.6) is 0 Å². The fourth-order valence-corrected chi connectivity index (χ4v) is 6.08. The standard InChI is InChI=1S/C20H18Br3NO3S/c1-27-20(23)11-17(21)14(8-18(20)22)16-10-19(6-7-19)9-15(16)12-2-4-13(5-3-12)28(24,25)26/h2-5,8-11,14H,6-7H2,1H3,(H2,24,25,26). The van der Waals surface area contributed by atoms with Gasteiger partial charge in [-0.05, 0) is 63.7 Å². The summed E-state index contributed by atoms with van der Waals surface area (Å²) in [7, 11) is -2.06. The van der Waals surface area contributed by atoms with Gasteiger partial charge in [-0.1, -0.05) is 62.2 Å². The SMILES string of the molecule is COC1(Br)C=C(Br)C(C2=CC3(C=C2c2ccc(S(N)(=O)=O)cc2)CC3)C=C1Br. The van der Waals surface area contributed by atoms with E-state index in [1.807, 2.05) is 18.2 Å². The fraction of sp³-hybridized carbons (Fsp3) is 0.300. The van der Waals surface area contributed by atoms with Gasteiger partial charge in [0.15, 0.2) is 4.51 Å². The van der Waals surface area contributed by atoms with E-state index in [1.165, 1.54) is 5.57 Å². The first-order chi connectivity index (χ1) is 13.1. The molecule has 3 aliphatic carbocycles. The maximum Gasteiger partial charge on any atom is 0.238 e. The number of hydrogen-bond acceptors (Lipinski definition) is 3. The van der Waals surface area contributed by atoms with E-state index in [1.54, 1.807) is 19.2 Å². The Morgan fingerprint density at radius 1 is 1.11 bits per heavy atom. The summed E-state index contributed by atoms with van der Waals surface area (Å²) in [6, 6.07) is 6.77. The minimum Gasteiger partial charge on any atom is -0.358 e. The highest BCUT2D eigenvalue weighted by Crippen LogP contribution is 2.59. The third kappa shape index (κ3) is 3.68. The topological polar surface area (TPSA) is 69.4 Å². The summed E-state index contributed by atoms with van der Waals surface area (Å²) in [6.45, 7) is 0. The number of ether oxygens (including phenoxy) is 1. The van der Waals surface area contributed by atoms with Crippen molar-refractivity contribution in [3.05, 3.63) is 68.7 Å². The normalized spacial score (nSPS) is 28.5. The molecule has 1 aromatic carbocycles. The Hall–Kier alpha value is -0.510. The summed E-state index contributed by atoms with van der Waals surface area (Å²) in [4.78, 5) is 0.118. The molecule has 0 amide bonds. The van der Waals surface area contributed by atoms with E-state index >= 15 is 0 Å². The first-order valence-corrected chi connectivity index (χ1v) is 12.6. The number of allylic oxidation sites excluding steroid dienone is 6. The van der Waals surface area contributed by atoms with Crippen molar-refractivity contribution in [1.82, 2.24) is 0 Å². The Labute approximate surface area is 190 Å². The summed E-state index contributed by atoms with van der Waals surface area (Å²) in [6.07, 6.45) is 11.1. The minimum absolute atomic E-state index is 0.0411. The van der Waals surface area contributed by atoms with Crippen molar-refractivity contribution in [2.75, 3.05) is 7.11 Å². The van der Waals surface area contributed by atoms with Crippen LogP contribution in [0.15, 0.2) is 68.0 Å². The van der Waals surface area contributed by atoms with Crippen molar-refractivity contribution >= 4 is 63.4 Å². The van der Waals surface area contributed by atoms with Crippen LogP contribution >= 0.6 is 47.8 Å². The molecule has 0 bridgehead atoms. The molecular weight excluding hydrogens is 574 g/mol. The van der Waals surface area contributed by atoms with E-state index in [9.17, 15) is 8.42 Å². The monoisotopic (exact) mass is 589 g/mol. The van der Waals surface area contributed by atoms with Crippen LogP contribution < -0.4 is 5.14 Å². The molecule has 1 fully saturated rings. The van der Waals surface area contributed by atoms with E-state index in [0.29, 0.717) is 0 Å². The maximum atomic E-state index is 11.6. The molecule has 4 nitrogen and oxygen atoms in total. The molecule has 2 atom stereocenters. The molecule has 4 rings (SSSR count). The van der Waals surface area contributed by atoms with Crippen LogP contribution in [0.3, 0.4) is 0 Å². The first-order valence-electron chi connectivity index (χ1n) is 8.66. The number of methoxy groups -OCH3 is 1. The van der Waals surface area contributed by atoms with Crippen molar-refractivity contribution in [3.8, 4) is 0 Å². The minimum atomic E-state index is -3.71. The fourth-order valence-electron chi connectivity index (χ4n) is 3.63. The Morgan fingerprint density at radius 2 is 1.75 bits per heavy atom. The second-order valence-corrected chi connectivity index (χ2v) is 11.8. The highest BCUT2D eigenvalue weighted by atomic mass is 79.9. The zero-order valence-electron chi connectivity index (χ0n) is 15.0. The first kappa shape index (κ1) is 20.8. The average molecular weight is 592 g/mol. The van der Waals surface area contributed by atoms with Crippen molar-refractivity contribution in [2.45, 2.75) is 22.2 Å². The van der Waals surface area contributed by atoms with Crippen LogP contribution in [-0.2, 0) is 14.8 Å². The molecule has 148 valence electrons. The third-order valence-corrected chi connectivity index (χ3v) is 9.42. The number of nitrogens with two attached hydrogens (primary N) is 1. The van der Waals surface area contributed by atoms with E-state index in [-0.39, 0.29) is 16.2 Å². The van der Waals surface area contributed by atoms with Gasteiger partial charge in [-0.15, -0.1) is 0 Å². The zero-order chi connectivity index (χ0) is 20.3. The summed E-state index contributed by atoms with van der Waals surface area (Å²) < 4.78 is 29.9. The van der Waals surface area contributed by atoms with Gasteiger partial charge in [0, 0.05) is 27.4 Å². The van der Waals surface area contributed by atoms with Crippen molar-refractivity contribution in [1.29, 1.82) is 0 Å². The van der Waals surface area contributed by atoms with Gasteiger partial charge in [-0.3, -0.25) is 0 Å². The summed E-state index contributed by atoms with van der Waals surface area (Å²) >= 11 is 11.0. The van der Waals surface area contributed by atoms with E-state index < -0.39 is 14.5 Å². The van der Waals surface area contributed by atoms with E-state index in [0.717, 1.165) is 32.9 Å². The van der Waals surface area contributed by atoms with Gasteiger partial charge in [0.25, 0.3) is 0 Å². The molecule has 1 saturated carbocycles. The third-order valence-electron chi connectivity index (χ3n) is 5.40. The molecule has 2 N–H and O–H groups in total. The number of hydrogen-bond donors (Lipinski definition) is 1. The lowest BCUT2D eigenvalue weighted by molar-refractivity contribution is 0.151. The van der Waals surface area contributed by atoms with Gasteiger partial charge in [0.05, 0.1) is 4.90 Å². The van der Waals surface area contributed by atoms with Gasteiger partial charge in [0.1, 0.15) is 0 Å². The molecule has 0 aromatic heterocycles. The van der Waals surface area contributed by atoms with Crippen LogP contribution in [0, 0.1) is 11.3 Å². The Balaban J connectivity index is 1.74. The molecule has 1 aromatic rings. The summed E-state index contributed by atoms with van der Waals surface area (Å²) in [5.41, 5.74) is 3.44. The van der Waals surface area contributed by atoms with Crippen LogP contribution in [0.1, 0.15) is 18.4 Å². The predicted octanol–water partition coefficient (Wildman–Crippen LogP) is 5.36. The zero-order valence-corrected chi connectivity index (χ0v) is 20.5. The largest absolute Gasteiger partial charge is 0.358 e. The molecule has 8 heteroatoms. The molecule has 28 heavy (non-hydrogen) atoms. The van der Waals surface area contributed by atoms with Crippen LogP contribution in [0.4, 0.5) is 0 Å². The molecule has 2 unspecified atom stereocenters. The van der Waals surface area contributed by atoms with Gasteiger partial charge in [-0.25, -0.2) is 13.6 Å². The number of benzene rings is 1. The van der Waals surface area contributed by atoms with Crippen LogP contribution in [-0.4, -0.2) is 20.0 Å². The highest BCUT2D eigenvalue weighted by Gasteiger charge is 2.45. The van der Waals surface area contributed by atoms with Gasteiger partial charge < -0.3 is 4.74 Å². The Bertz CT molecular complexity index is 1070. The van der Waals surface area contributed by atoms with Crippen LogP contribution in [0.2, 0.25) is 0 Å². The van der Waals surface area contributed by atoms with Crippen molar-refractivity contribution in [2.24, 2.45) is 16.5 Å². The number of sulfonamides is 1. The number of primary sulfonamides is 1. The lowest BCUT2D eigenvalue weighted by Gasteiger charge is -2.31. The Morgan fingerprint density at radius 3 is 2.29 bits per heavy atom. The summed E-state index contributed by atoms with van der Waals surface area (Å²) in [5.74, 6) is 0.0411. The summed E-state index contributed by atoms with van der Waals surface area (Å²) in [5, 5.41) is 5.23. The highest BCUT2D eigenvalue weighted by molar-refractivity contribution is 9.14. The molecule has 0 heterocycles. The molecule has 1 spiro atoms. The lowest BCUT2D eigenvalue weighted by atomic mass is 9.87. The van der Waals surface area contributed by atoms with Gasteiger partial charge in [0.2, 0.25) is 10.0 Å². The number of rotatable bonds is 4. The smallest absolute Gasteiger partial charge is 0.238 e. The van der Waals surface area contributed by atoms with Crippen molar-refractivity contribution in [3.63, 3.8) is 0 Å². The molecule has 0 aliphatic heterocycles. The maximum absolute atomic E-state index is 11.6. The molecule has 3 aliphatic rings. The van der Waals surface area contributed by atoms with Crippen LogP contribution in [0.25, 0.3) is 5.57 Å². The van der Waals surface area contributed by atoms with E-state index in [4.69, 9.17) is 9.88 Å². The second-order valence-electron chi connectivity index (χ2n) is 7.33. The van der Waals surface area contributed by atoms with Gasteiger partial charge in [-0.2, -0.15) is 0 Å². The number of alkyl halides is 1. The second kappa shape index (κ2) is 7.03. The average Bonchev–Trinajstić information content (AvgIpc) is 3.29. The number of halogens is 3.